The van der Waals surface area contributed by atoms with Gasteiger partial charge in [0.1, 0.15) is 11.6 Å². The van der Waals surface area contributed by atoms with Crippen LogP contribution in [0.3, 0.4) is 0 Å². The Labute approximate surface area is 104 Å². The van der Waals surface area contributed by atoms with E-state index >= 15 is 0 Å². The van der Waals surface area contributed by atoms with Gasteiger partial charge in [0, 0.05) is 12.8 Å². The number of hydrogen-bond acceptors (Lipinski definition) is 1. The van der Waals surface area contributed by atoms with Crippen LogP contribution in [-0.4, -0.2) is 5.78 Å². The first-order valence-corrected chi connectivity index (χ1v) is 6.03. The van der Waals surface area contributed by atoms with Crippen LogP contribution in [0.1, 0.15) is 32.8 Å². The first-order chi connectivity index (χ1) is 7.29. The molecule has 0 aliphatic heterocycles. The van der Waals surface area contributed by atoms with Crippen molar-refractivity contribution in [3.63, 3.8) is 0 Å². The minimum absolute atomic E-state index is 0.0170. The Morgan fingerprint density at radius 3 is 2.56 bits per heavy atom. The molecule has 0 radical (unpaired) electrons. The van der Waals surface area contributed by atoms with Crippen LogP contribution in [0.5, 0.6) is 0 Å². The van der Waals surface area contributed by atoms with Crippen molar-refractivity contribution in [3.05, 3.63) is 34.1 Å². The van der Waals surface area contributed by atoms with Crippen molar-refractivity contribution in [2.75, 3.05) is 0 Å². The molecule has 3 heteroatoms. The highest BCUT2D eigenvalue weighted by Gasteiger charge is 2.17. The summed E-state index contributed by atoms with van der Waals surface area (Å²) < 4.78 is 13.6. The summed E-state index contributed by atoms with van der Waals surface area (Å²) in [6, 6.07) is 4.77. The summed E-state index contributed by atoms with van der Waals surface area (Å²) in [5.74, 6) is -0.181. The van der Waals surface area contributed by atoms with Crippen molar-refractivity contribution in [1.82, 2.24) is 0 Å². The molecule has 0 unspecified atom stereocenters. The Kier molecular flexibility index (Phi) is 4.25. The van der Waals surface area contributed by atoms with Gasteiger partial charge >= 0.3 is 0 Å². The van der Waals surface area contributed by atoms with Crippen LogP contribution in [0.15, 0.2) is 22.7 Å². The maximum Gasteiger partial charge on any atom is 0.137 e. The van der Waals surface area contributed by atoms with Crippen molar-refractivity contribution in [2.24, 2.45) is 5.41 Å². The molecule has 0 heterocycles. The Bertz CT molecular complexity index is 393. The van der Waals surface area contributed by atoms with E-state index in [0.717, 1.165) is 0 Å². The topological polar surface area (TPSA) is 17.1 Å². The molecule has 0 aromatic heterocycles. The fourth-order valence-electron chi connectivity index (χ4n) is 1.55. The van der Waals surface area contributed by atoms with E-state index in [-0.39, 0.29) is 23.4 Å². The van der Waals surface area contributed by atoms with Crippen LogP contribution < -0.4 is 0 Å². The first-order valence-electron chi connectivity index (χ1n) is 5.24. The van der Waals surface area contributed by atoms with Crippen LogP contribution in [0.25, 0.3) is 0 Å². The van der Waals surface area contributed by atoms with E-state index in [1.165, 1.54) is 6.07 Å². The van der Waals surface area contributed by atoms with E-state index in [1.807, 2.05) is 20.8 Å². The number of carbonyl (C=O) groups is 1. The lowest BCUT2D eigenvalue weighted by atomic mass is 9.88. The van der Waals surface area contributed by atoms with E-state index in [4.69, 9.17) is 0 Å². The predicted molar refractivity (Wildman–Crippen MR) is 66.9 cm³/mol. The first kappa shape index (κ1) is 13.4. The van der Waals surface area contributed by atoms with E-state index in [9.17, 15) is 9.18 Å². The van der Waals surface area contributed by atoms with E-state index in [2.05, 4.69) is 15.9 Å². The van der Waals surface area contributed by atoms with Crippen molar-refractivity contribution in [2.45, 2.75) is 33.6 Å². The molecule has 0 aliphatic carbocycles. The molecule has 1 aromatic rings. The number of halogens is 2. The number of ketones is 1. The zero-order valence-electron chi connectivity index (χ0n) is 9.81. The zero-order valence-corrected chi connectivity index (χ0v) is 11.4. The highest BCUT2D eigenvalue weighted by Crippen LogP contribution is 2.24. The maximum absolute atomic E-state index is 13.2. The Hall–Kier alpha value is -0.700. The second kappa shape index (κ2) is 5.09. The van der Waals surface area contributed by atoms with Crippen LogP contribution in [0, 0.1) is 11.2 Å². The molecular formula is C13H16BrFO. The van der Waals surface area contributed by atoms with Crippen LogP contribution in [0.4, 0.5) is 4.39 Å². The second-order valence-electron chi connectivity index (χ2n) is 5.17. The van der Waals surface area contributed by atoms with Gasteiger partial charge < -0.3 is 0 Å². The Morgan fingerprint density at radius 2 is 2.00 bits per heavy atom. The fourth-order valence-corrected chi connectivity index (χ4v) is 1.96. The summed E-state index contributed by atoms with van der Waals surface area (Å²) >= 11 is 3.16. The fraction of sp³-hybridized carbons (Fsp3) is 0.462. The number of hydrogen-bond donors (Lipinski definition) is 0. The van der Waals surface area contributed by atoms with Gasteiger partial charge in [0.05, 0.1) is 4.47 Å². The molecule has 0 aliphatic rings. The normalized spacial score (nSPS) is 11.6. The summed E-state index contributed by atoms with van der Waals surface area (Å²) in [6.45, 7) is 6.06. The van der Waals surface area contributed by atoms with Crippen LogP contribution in [0.2, 0.25) is 0 Å². The summed E-state index contributed by atoms with van der Waals surface area (Å²) in [7, 11) is 0. The lowest BCUT2D eigenvalue weighted by molar-refractivity contribution is -0.120. The molecule has 0 atom stereocenters. The predicted octanol–water partition coefficient (Wildman–Crippen LogP) is 4.14. The molecule has 16 heavy (non-hydrogen) atoms. The molecule has 1 rings (SSSR count). The van der Waals surface area contributed by atoms with Gasteiger partial charge in [-0.25, -0.2) is 4.39 Å². The number of rotatable bonds is 3. The Balaban J connectivity index is 2.74. The number of Topliss-reactive ketones (excluding diaryl/α,β-unsaturated/α-hetero) is 1. The van der Waals surface area contributed by atoms with Gasteiger partial charge in [-0.2, -0.15) is 0 Å². The van der Waals surface area contributed by atoms with Gasteiger partial charge in [0.25, 0.3) is 0 Å². The summed E-state index contributed by atoms with van der Waals surface area (Å²) in [6.07, 6.45) is 0.797. The standard InChI is InChI=1S/C13H16BrFO/c1-13(2,3)8-10(16)7-9-5-4-6-11(15)12(9)14/h4-6H,7-8H2,1-3H3. The van der Waals surface area contributed by atoms with Gasteiger partial charge in [-0.3, -0.25) is 4.79 Å². The van der Waals surface area contributed by atoms with Crippen molar-refractivity contribution in [1.29, 1.82) is 0 Å². The van der Waals surface area contributed by atoms with Gasteiger partial charge in [0.2, 0.25) is 0 Å². The van der Waals surface area contributed by atoms with Crippen LogP contribution >= 0.6 is 15.9 Å². The van der Waals surface area contributed by atoms with Gasteiger partial charge in [-0.15, -0.1) is 0 Å². The minimum atomic E-state index is -0.318. The molecule has 88 valence electrons. The summed E-state index contributed by atoms with van der Waals surface area (Å²) in [4.78, 5) is 11.7. The Morgan fingerprint density at radius 1 is 1.38 bits per heavy atom. The quantitative estimate of drug-likeness (QED) is 0.816. The highest BCUT2D eigenvalue weighted by molar-refractivity contribution is 9.10. The molecule has 1 nitrogen and oxygen atoms in total. The van der Waals surface area contributed by atoms with Crippen LogP contribution in [-0.2, 0) is 11.2 Å². The van der Waals surface area contributed by atoms with E-state index < -0.39 is 0 Å². The number of carbonyl (C=O) groups excluding carboxylic acids is 1. The average molecular weight is 287 g/mol. The van der Waals surface area contributed by atoms with Crippen molar-refractivity contribution < 1.29 is 9.18 Å². The molecule has 1 aromatic carbocycles. The maximum atomic E-state index is 13.2. The largest absolute Gasteiger partial charge is 0.299 e. The second-order valence-corrected chi connectivity index (χ2v) is 5.96. The van der Waals surface area contributed by atoms with Crippen molar-refractivity contribution in [3.8, 4) is 0 Å². The molecule has 0 fully saturated rings. The van der Waals surface area contributed by atoms with Gasteiger partial charge in [0.15, 0.2) is 0 Å². The molecule has 0 N–H and O–H groups in total. The van der Waals surface area contributed by atoms with Gasteiger partial charge in [-0.05, 0) is 33.0 Å². The molecule has 0 saturated carbocycles. The van der Waals surface area contributed by atoms with E-state index in [1.54, 1.807) is 12.1 Å². The molecule has 0 saturated heterocycles. The monoisotopic (exact) mass is 286 g/mol. The minimum Gasteiger partial charge on any atom is -0.299 e. The lowest BCUT2D eigenvalue weighted by Crippen LogP contribution is -2.15. The zero-order chi connectivity index (χ0) is 12.3. The average Bonchev–Trinajstić information content (AvgIpc) is 2.09. The summed E-state index contributed by atoms with van der Waals surface area (Å²) in [5, 5.41) is 0. The molecule has 0 amide bonds. The third kappa shape index (κ3) is 4.05. The highest BCUT2D eigenvalue weighted by atomic mass is 79.9. The molecular weight excluding hydrogens is 271 g/mol. The van der Waals surface area contributed by atoms with E-state index in [0.29, 0.717) is 16.5 Å². The van der Waals surface area contributed by atoms with Gasteiger partial charge in [-0.1, -0.05) is 32.9 Å². The SMILES string of the molecule is CC(C)(C)CC(=O)Cc1cccc(F)c1Br. The van der Waals surface area contributed by atoms with Crippen molar-refractivity contribution >= 4 is 21.7 Å². The third-order valence-electron chi connectivity index (χ3n) is 2.15. The smallest absolute Gasteiger partial charge is 0.137 e. The third-order valence-corrected chi connectivity index (χ3v) is 3.03. The molecule has 0 spiro atoms. The summed E-state index contributed by atoms with van der Waals surface area (Å²) in [5.41, 5.74) is 0.700. The lowest BCUT2D eigenvalue weighted by Gasteiger charge is -2.16. The molecule has 0 bridgehead atoms. The number of benzene rings is 1.